The first kappa shape index (κ1) is 10.7. The second kappa shape index (κ2) is 4.22. The minimum Gasteiger partial charge on any atom is -0.312 e. The van der Waals surface area contributed by atoms with Gasteiger partial charge in [0.15, 0.2) is 5.78 Å². The van der Waals surface area contributed by atoms with Crippen LogP contribution in [0.4, 0.5) is 0 Å². The van der Waals surface area contributed by atoms with Gasteiger partial charge in [-0.3, -0.25) is 4.79 Å². The maximum atomic E-state index is 11.1. The molecule has 0 fully saturated rings. The van der Waals surface area contributed by atoms with E-state index in [-0.39, 0.29) is 18.2 Å². The van der Waals surface area contributed by atoms with Gasteiger partial charge in [0.1, 0.15) is 0 Å². The number of hydrogen-bond donors (Lipinski definition) is 1. The van der Waals surface area contributed by atoms with Crippen LogP contribution in [0.25, 0.3) is 0 Å². The monoisotopic (exact) mass is 217 g/mol. The Kier molecular flexibility index (Phi) is 3.47. The Labute approximate surface area is 87.8 Å². The number of hydrogen-bond acceptors (Lipinski definition) is 3. The SMILES string of the molecule is CC(=O)c1cc2c(s1)CCNC2.Cl. The highest BCUT2D eigenvalue weighted by Crippen LogP contribution is 2.25. The lowest BCUT2D eigenvalue weighted by Crippen LogP contribution is -2.21. The van der Waals surface area contributed by atoms with Crippen molar-refractivity contribution >= 4 is 29.5 Å². The normalized spacial score (nSPS) is 14.5. The highest BCUT2D eigenvalue weighted by atomic mass is 35.5. The number of carbonyl (C=O) groups is 1. The van der Waals surface area contributed by atoms with Gasteiger partial charge < -0.3 is 5.32 Å². The van der Waals surface area contributed by atoms with Crippen molar-refractivity contribution in [3.63, 3.8) is 0 Å². The van der Waals surface area contributed by atoms with Gasteiger partial charge in [0.05, 0.1) is 4.88 Å². The van der Waals surface area contributed by atoms with Gasteiger partial charge in [-0.1, -0.05) is 0 Å². The lowest BCUT2D eigenvalue weighted by Gasteiger charge is -2.10. The van der Waals surface area contributed by atoms with Crippen molar-refractivity contribution < 1.29 is 4.79 Å². The van der Waals surface area contributed by atoms with Gasteiger partial charge in [0.25, 0.3) is 0 Å². The molecule has 0 aromatic carbocycles. The van der Waals surface area contributed by atoms with E-state index in [0.29, 0.717) is 0 Å². The molecule has 1 aliphatic rings. The summed E-state index contributed by atoms with van der Waals surface area (Å²) in [6, 6.07) is 2.02. The smallest absolute Gasteiger partial charge is 0.169 e. The van der Waals surface area contributed by atoms with E-state index in [2.05, 4.69) is 5.32 Å². The summed E-state index contributed by atoms with van der Waals surface area (Å²) in [6.45, 7) is 3.61. The third kappa shape index (κ3) is 2.10. The second-order valence-electron chi connectivity index (χ2n) is 3.04. The molecule has 2 rings (SSSR count). The molecule has 1 aromatic rings. The third-order valence-corrected chi connectivity index (χ3v) is 3.43. The molecule has 0 bridgehead atoms. The van der Waals surface area contributed by atoms with Gasteiger partial charge in [0, 0.05) is 18.0 Å². The van der Waals surface area contributed by atoms with E-state index in [4.69, 9.17) is 0 Å². The molecule has 72 valence electrons. The number of ketones is 1. The Morgan fingerprint density at radius 2 is 2.38 bits per heavy atom. The Morgan fingerprint density at radius 1 is 1.62 bits per heavy atom. The predicted molar refractivity (Wildman–Crippen MR) is 57.0 cm³/mol. The maximum absolute atomic E-state index is 11.1. The number of rotatable bonds is 1. The van der Waals surface area contributed by atoms with Gasteiger partial charge in [-0.25, -0.2) is 0 Å². The molecule has 13 heavy (non-hydrogen) atoms. The van der Waals surface area contributed by atoms with Gasteiger partial charge in [-0.2, -0.15) is 0 Å². The topological polar surface area (TPSA) is 29.1 Å². The number of carbonyl (C=O) groups excluding carboxylic acids is 1. The molecule has 1 N–H and O–H groups in total. The fraction of sp³-hybridized carbons (Fsp3) is 0.444. The molecule has 0 atom stereocenters. The quantitative estimate of drug-likeness (QED) is 0.730. The van der Waals surface area contributed by atoms with Crippen LogP contribution in [0.1, 0.15) is 27.0 Å². The predicted octanol–water partition coefficient (Wildman–Crippen LogP) is 2.02. The zero-order valence-corrected chi connectivity index (χ0v) is 9.06. The van der Waals surface area contributed by atoms with Crippen LogP contribution in [0.15, 0.2) is 6.07 Å². The maximum Gasteiger partial charge on any atom is 0.169 e. The molecule has 0 spiro atoms. The van der Waals surface area contributed by atoms with Gasteiger partial charge in [-0.15, -0.1) is 23.7 Å². The van der Waals surface area contributed by atoms with Gasteiger partial charge in [0.2, 0.25) is 0 Å². The highest BCUT2D eigenvalue weighted by molar-refractivity contribution is 7.14. The molecule has 2 heterocycles. The second-order valence-corrected chi connectivity index (χ2v) is 4.18. The Balaban J connectivity index is 0.000000845. The van der Waals surface area contributed by atoms with Crippen molar-refractivity contribution in [1.29, 1.82) is 0 Å². The molecule has 0 saturated heterocycles. The number of nitrogens with one attached hydrogen (secondary N) is 1. The standard InChI is InChI=1S/C9H11NOS.ClH/c1-6(11)9-4-7-5-10-3-2-8(7)12-9;/h4,10H,2-3,5H2,1H3;1H. The minimum absolute atomic E-state index is 0. The first-order valence-electron chi connectivity index (χ1n) is 4.10. The molecule has 0 aliphatic carbocycles. The molecular weight excluding hydrogens is 206 g/mol. The summed E-state index contributed by atoms with van der Waals surface area (Å²) in [6.07, 6.45) is 1.08. The lowest BCUT2D eigenvalue weighted by molar-refractivity contribution is 0.102. The average Bonchev–Trinajstić information content (AvgIpc) is 2.46. The molecular formula is C9H12ClNOS. The number of Topliss-reactive ketones (excluding diaryl/α,β-unsaturated/α-hetero) is 1. The van der Waals surface area contributed by atoms with E-state index >= 15 is 0 Å². The Morgan fingerprint density at radius 3 is 3.00 bits per heavy atom. The largest absolute Gasteiger partial charge is 0.312 e. The van der Waals surface area contributed by atoms with Crippen LogP contribution >= 0.6 is 23.7 Å². The first-order chi connectivity index (χ1) is 5.77. The molecule has 0 amide bonds. The summed E-state index contributed by atoms with van der Waals surface area (Å²) in [4.78, 5) is 13.3. The number of thiophene rings is 1. The Bertz CT molecular complexity index is 298. The van der Waals surface area contributed by atoms with E-state index in [1.807, 2.05) is 6.07 Å². The lowest BCUT2D eigenvalue weighted by atomic mass is 10.1. The van der Waals surface area contributed by atoms with Crippen molar-refractivity contribution in [2.75, 3.05) is 6.54 Å². The molecule has 0 radical (unpaired) electrons. The van der Waals surface area contributed by atoms with Gasteiger partial charge >= 0.3 is 0 Å². The van der Waals surface area contributed by atoms with Crippen LogP contribution in [-0.4, -0.2) is 12.3 Å². The van der Waals surface area contributed by atoms with Crippen molar-refractivity contribution in [3.05, 3.63) is 21.4 Å². The van der Waals surface area contributed by atoms with Crippen molar-refractivity contribution in [3.8, 4) is 0 Å². The molecule has 2 nitrogen and oxygen atoms in total. The van der Waals surface area contributed by atoms with E-state index in [1.165, 1.54) is 10.4 Å². The van der Waals surface area contributed by atoms with E-state index in [0.717, 1.165) is 24.4 Å². The Hall–Kier alpha value is -0.380. The molecule has 1 aromatic heterocycles. The van der Waals surface area contributed by atoms with Crippen LogP contribution in [0.2, 0.25) is 0 Å². The van der Waals surface area contributed by atoms with Crippen LogP contribution < -0.4 is 5.32 Å². The minimum atomic E-state index is 0. The van der Waals surface area contributed by atoms with Crippen molar-refractivity contribution in [2.24, 2.45) is 0 Å². The van der Waals surface area contributed by atoms with Crippen LogP contribution in [0.3, 0.4) is 0 Å². The molecule has 1 aliphatic heterocycles. The zero-order valence-electron chi connectivity index (χ0n) is 7.42. The first-order valence-corrected chi connectivity index (χ1v) is 4.92. The van der Waals surface area contributed by atoms with Crippen LogP contribution in [-0.2, 0) is 13.0 Å². The van der Waals surface area contributed by atoms with Crippen LogP contribution in [0.5, 0.6) is 0 Å². The number of fused-ring (bicyclic) bond motifs is 1. The zero-order chi connectivity index (χ0) is 8.55. The average molecular weight is 218 g/mol. The molecule has 4 heteroatoms. The van der Waals surface area contributed by atoms with E-state index in [9.17, 15) is 4.79 Å². The summed E-state index contributed by atoms with van der Waals surface area (Å²) >= 11 is 1.65. The fourth-order valence-electron chi connectivity index (χ4n) is 1.43. The van der Waals surface area contributed by atoms with Crippen molar-refractivity contribution in [1.82, 2.24) is 5.32 Å². The molecule has 0 unspecified atom stereocenters. The highest BCUT2D eigenvalue weighted by Gasteiger charge is 2.14. The third-order valence-electron chi connectivity index (χ3n) is 2.09. The summed E-state index contributed by atoms with van der Waals surface area (Å²) in [5.74, 6) is 0.189. The van der Waals surface area contributed by atoms with Crippen molar-refractivity contribution in [2.45, 2.75) is 19.9 Å². The number of halogens is 1. The summed E-state index contributed by atoms with van der Waals surface area (Å²) in [7, 11) is 0. The fourth-order valence-corrected chi connectivity index (χ4v) is 2.50. The van der Waals surface area contributed by atoms with Gasteiger partial charge in [-0.05, 0) is 25.0 Å². The summed E-state index contributed by atoms with van der Waals surface area (Å²) < 4.78 is 0. The van der Waals surface area contributed by atoms with Crippen LogP contribution in [0, 0.1) is 0 Å². The summed E-state index contributed by atoms with van der Waals surface area (Å²) in [5.41, 5.74) is 1.32. The van der Waals surface area contributed by atoms with E-state index in [1.54, 1.807) is 18.3 Å². The molecule has 0 saturated carbocycles. The van der Waals surface area contributed by atoms with E-state index < -0.39 is 0 Å². The summed E-state index contributed by atoms with van der Waals surface area (Å²) in [5, 5.41) is 3.29.